The summed E-state index contributed by atoms with van der Waals surface area (Å²) in [5.74, 6) is -0.729. The van der Waals surface area contributed by atoms with Crippen LogP contribution in [0.3, 0.4) is 0 Å². The number of carbonyl (C=O) groups is 2. The molecule has 0 aliphatic carbocycles. The number of nitrogens with one attached hydrogen (secondary N) is 1. The molecule has 0 aromatic carbocycles. The van der Waals surface area contributed by atoms with Crippen LogP contribution in [0.2, 0.25) is 0 Å². The van der Waals surface area contributed by atoms with Gasteiger partial charge in [-0.15, -0.1) is 0 Å². The molecule has 0 saturated heterocycles. The lowest BCUT2D eigenvalue weighted by molar-refractivity contribution is -0.138. The zero-order valence-corrected chi connectivity index (χ0v) is 11.0. The first-order valence-electron chi connectivity index (χ1n) is 6.12. The second-order valence-corrected chi connectivity index (χ2v) is 4.52. The molecule has 0 saturated carbocycles. The van der Waals surface area contributed by atoms with Crippen molar-refractivity contribution in [1.29, 1.82) is 0 Å². The average molecular weight is 244 g/mol. The molecule has 17 heavy (non-hydrogen) atoms. The van der Waals surface area contributed by atoms with Crippen LogP contribution in [0, 0.1) is 0 Å². The van der Waals surface area contributed by atoms with Gasteiger partial charge in [0.15, 0.2) is 0 Å². The van der Waals surface area contributed by atoms with Crippen LogP contribution in [0.5, 0.6) is 0 Å². The first-order chi connectivity index (χ1) is 7.93. The van der Waals surface area contributed by atoms with Gasteiger partial charge in [0.25, 0.3) is 0 Å². The van der Waals surface area contributed by atoms with Crippen LogP contribution in [-0.2, 0) is 9.59 Å². The SMILES string of the molecule is CC(C)NCCCC(=O)N(C)CCCC(=O)O. The third kappa shape index (κ3) is 9.81. The van der Waals surface area contributed by atoms with Gasteiger partial charge in [0, 0.05) is 32.5 Å². The Kier molecular flexibility index (Phi) is 8.40. The van der Waals surface area contributed by atoms with Crippen molar-refractivity contribution in [2.45, 2.75) is 45.6 Å². The minimum absolute atomic E-state index is 0.0842. The maximum Gasteiger partial charge on any atom is 0.303 e. The zero-order valence-electron chi connectivity index (χ0n) is 11.0. The van der Waals surface area contributed by atoms with Crippen LogP contribution in [0.1, 0.15) is 39.5 Å². The monoisotopic (exact) mass is 244 g/mol. The highest BCUT2D eigenvalue weighted by molar-refractivity contribution is 5.75. The number of carboxylic acid groups (broad SMARTS) is 1. The van der Waals surface area contributed by atoms with Crippen molar-refractivity contribution in [3.8, 4) is 0 Å². The smallest absolute Gasteiger partial charge is 0.303 e. The van der Waals surface area contributed by atoms with Crippen molar-refractivity contribution < 1.29 is 14.7 Å². The summed E-state index contributed by atoms with van der Waals surface area (Å²) in [5, 5.41) is 11.7. The summed E-state index contributed by atoms with van der Waals surface area (Å²) in [6, 6.07) is 0.443. The van der Waals surface area contributed by atoms with Crippen molar-refractivity contribution in [3.63, 3.8) is 0 Å². The number of aliphatic carboxylic acids is 1. The molecule has 0 aliphatic rings. The first kappa shape index (κ1) is 15.9. The van der Waals surface area contributed by atoms with E-state index in [1.165, 1.54) is 0 Å². The van der Waals surface area contributed by atoms with Gasteiger partial charge in [0.1, 0.15) is 0 Å². The van der Waals surface area contributed by atoms with Gasteiger partial charge < -0.3 is 15.3 Å². The molecule has 0 atom stereocenters. The van der Waals surface area contributed by atoms with Crippen LogP contribution in [-0.4, -0.2) is 48.1 Å². The molecule has 5 heteroatoms. The highest BCUT2D eigenvalue weighted by Crippen LogP contribution is 1.98. The summed E-state index contributed by atoms with van der Waals surface area (Å²) < 4.78 is 0. The molecule has 0 aliphatic heterocycles. The van der Waals surface area contributed by atoms with Gasteiger partial charge >= 0.3 is 5.97 Å². The summed E-state index contributed by atoms with van der Waals surface area (Å²) in [7, 11) is 1.72. The minimum atomic E-state index is -0.813. The molecule has 100 valence electrons. The maximum atomic E-state index is 11.6. The Morgan fingerprint density at radius 2 is 1.88 bits per heavy atom. The van der Waals surface area contributed by atoms with E-state index in [4.69, 9.17) is 5.11 Å². The Balaban J connectivity index is 3.57. The molecule has 0 bridgehead atoms. The number of carbonyl (C=O) groups excluding carboxylic acids is 1. The molecule has 0 rings (SSSR count). The average Bonchev–Trinajstić information content (AvgIpc) is 2.23. The van der Waals surface area contributed by atoms with E-state index in [0.717, 1.165) is 13.0 Å². The predicted octanol–water partition coefficient (Wildman–Crippen LogP) is 1.09. The second-order valence-electron chi connectivity index (χ2n) is 4.52. The number of nitrogens with zero attached hydrogens (tertiary/aromatic N) is 1. The lowest BCUT2D eigenvalue weighted by atomic mass is 10.2. The Morgan fingerprint density at radius 1 is 1.24 bits per heavy atom. The number of rotatable bonds is 9. The highest BCUT2D eigenvalue weighted by Gasteiger charge is 2.08. The van der Waals surface area contributed by atoms with Crippen LogP contribution in [0.4, 0.5) is 0 Å². The normalized spacial score (nSPS) is 10.6. The summed E-state index contributed by atoms with van der Waals surface area (Å²) in [6.45, 7) is 5.49. The van der Waals surface area contributed by atoms with E-state index in [-0.39, 0.29) is 12.3 Å². The third-order valence-electron chi connectivity index (χ3n) is 2.43. The topological polar surface area (TPSA) is 69.6 Å². The van der Waals surface area contributed by atoms with Crippen LogP contribution < -0.4 is 5.32 Å². The van der Waals surface area contributed by atoms with E-state index in [0.29, 0.717) is 25.4 Å². The Hall–Kier alpha value is -1.10. The fourth-order valence-electron chi connectivity index (χ4n) is 1.41. The summed E-state index contributed by atoms with van der Waals surface area (Å²) in [4.78, 5) is 23.5. The van der Waals surface area contributed by atoms with Crippen molar-refractivity contribution >= 4 is 11.9 Å². The molecule has 0 unspecified atom stereocenters. The van der Waals surface area contributed by atoms with Crippen molar-refractivity contribution in [3.05, 3.63) is 0 Å². The molecule has 0 radical (unpaired) electrons. The molecule has 2 N–H and O–H groups in total. The number of amides is 1. The number of hydrogen-bond acceptors (Lipinski definition) is 3. The van der Waals surface area contributed by atoms with Crippen molar-refractivity contribution in [2.24, 2.45) is 0 Å². The van der Waals surface area contributed by atoms with Gasteiger partial charge in [-0.1, -0.05) is 13.8 Å². The quantitative estimate of drug-likeness (QED) is 0.596. The first-order valence-corrected chi connectivity index (χ1v) is 6.12. The van der Waals surface area contributed by atoms with E-state index in [9.17, 15) is 9.59 Å². The highest BCUT2D eigenvalue weighted by atomic mass is 16.4. The number of hydrogen-bond donors (Lipinski definition) is 2. The van der Waals surface area contributed by atoms with Crippen LogP contribution >= 0.6 is 0 Å². The van der Waals surface area contributed by atoms with E-state index in [2.05, 4.69) is 19.2 Å². The van der Waals surface area contributed by atoms with Crippen LogP contribution in [0.15, 0.2) is 0 Å². The fourth-order valence-corrected chi connectivity index (χ4v) is 1.41. The molecule has 0 fully saturated rings. The van der Waals surface area contributed by atoms with Gasteiger partial charge in [-0.05, 0) is 19.4 Å². The Morgan fingerprint density at radius 3 is 2.41 bits per heavy atom. The van der Waals surface area contributed by atoms with Crippen molar-refractivity contribution in [1.82, 2.24) is 10.2 Å². The van der Waals surface area contributed by atoms with E-state index < -0.39 is 5.97 Å². The molecule has 1 amide bonds. The summed E-state index contributed by atoms with van der Waals surface area (Å²) >= 11 is 0. The van der Waals surface area contributed by atoms with E-state index in [1.54, 1.807) is 11.9 Å². The maximum absolute atomic E-state index is 11.6. The third-order valence-corrected chi connectivity index (χ3v) is 2.43. The van der Waals surface area contributed by atoms with Gasteiger partial charge in [-0.2, -0.15) is 0 Å². The molecule has 0 heterocycles. The Bertz CT molecular complexity index is 242. The fraction of sp³-hybridized carbons (Fsp3) is 0.833. The Labute approximate surface area is 103 Å². The summed E-state index contributed by atoms with van der Waals surface area (Å²) in [6.07, 6.45) is 1.97. The lowest BCUT2D eigenvalue weighted by Crippen LogP contribution is -2.29. The van der Waals surface area contributed by atoms with Gasteiger partial charge in [-0.25, -0.2) is 0 Å². The van der Waals surface area contributed by atoms with E-state index >= 15 is 0 Å². The minimum Gasteiger partial charge on any atom is -0.481 e. The van der Waals surface area contributed by atoms with Gasteiger partial charge in [0.05, 0.1) is 0 Å². The van der Waals surface area contributed by atoms with Crippen molar-refractivity contribution in [2.75, 3.05) is 20.1 Å². The standard InChI is InChI=1S/C12H24N2O3/c1-10(2)13-8-4-6-11(15)14(3)9-5-7-12(16)17/h10,13H,4-9H2,1-3H3,(H,16,17). The predicted molar refractivity (Wildman–Crippen MR) is 66.9 cm³/mol. The summed E-state index contributed by atoms with van der Waals surface area (Å²) in [5.41, 5.74) is 0. The molecule has 5 nitrogen and oxygen atoms in total. The van der Waals surface area contributed by atoms with Gasteiger partial charge in [-0.3, -0.25) is 9.59 Å². The molecule has 0 aromatic rings. The molecular formula is C12H24N2O3. The molecule has 0 aromatic heterocycles. The molecular weight excluding hydrogens is 220 g/mol. The largest absolute Gasteiger partial charge is 0.481 e. The number of carboxylic acids is 1. The van der Waals surface area contributed by atoms with E-state index in [1.807, 2.05) is 0 Å². The zero-order chi connectivity index (χ0) is 13.3. The second kappa shape index (κ2) is 8.98. The lowest BCUT2D eigenvalue weighted by Gasteiger charge is -2.16. The van der Waals surface area contributed by atoms with Crippen LogP contribution in [0.25, 0.3) is 0 Å². The molecule has 0 spiro atoms. The van der Waals surface area contributed by atoms with Gasteiger partial charge in [0.2, 0.25) is 5.91 Å².